The van der Waals surface area contributed by atoms with E-state index in [-0.39, 0.29) is 28.2 Å². The zero-order valence-corrected chi connectivity index (χ0v) is 14.9. The summed E-state index contributed by atoms with van der Waals surface area (Å²) in [7, 11) is 0. The minimum atomic E-state index is -0.824. The molecule has 1 atom stereocenters. The van der Waals surface area contributed by atoms with Crippen LogP contribution in [-0.2, 0) is 9.53 Å². The van der Waals surface area contributed by atoms with Crippen molar-refractivity contribution < 1.29 is 13.9 Å². The van der Waals surface area contributed by atoms with Gasteiger partial charge >= 0.3 is 0 Å². The summed E-state index contributed by atoms with van der Waals surface area (Å²) < 4.78 is 20.7. The summed E-state index contributed by atoms with van der Waals surface area (Å²) >= 11 is 3.21. The summed E-state index contributed by atoms with van der Waals surface area (Å²) in [6.45, 7) is 3.93. The van der Waals surface area contributed by atoms with Gasteiger partial charge in [0.2, 0.25) is 5.88 Å². The number of carbonyl (C=O) groups excluding carboxylic acids is 1. The SMILES string of the molecule is CC1(C)CC(=O)C2=C(C1)OC(N)=C(C#N)[C@@H]2c1ccc(Br)cc1F. The number of ketones is 1. The predicted molar refractivity (Wildman–Crippen MR) is 89.8 cm³/mol. The minimum absolute atomic E-state index is 0.0610. The molecule has 0 bridgehead atoms. The second-order valence-electron chi connectivity index (χ2n) is 6.87. The Bertz CT molecular complexity index is 849. The van der Waals surface area contributed by atoms with Crippen LogP contribution in [0.5, 0.6) is 0 Å². The fourth-order valence-corrected chi connectivity index (χ4v) is 3.66. The standard InChI is InChI=1S/C18H16BrFN2O2/c1-18(2)6-13(23)16-14(7-18)24-17(22)11(8-21)15(16)10-4-3-9(19)5-12(10)20/h3-5,15H,6-7,22H2,1-2H3/t15-/m0/s1. The van der Waals surface area contributed by atoms with E-state index >= 15 is 0 Å². The zero-order valence-electron chi connectivity index (χ0n) is 13.3. The highest BCUT2D eigenvalue weighted by Gasteiger charge is 2.43. The van der Waals surface area contributed by atoms with E-state index < -0.39 is 11.7 Å². The minimum Gasteiger partial charge on any atom is -0.444 e. The summed E-state index contributed by atoms with van der Waals surface area (Å²) in [5.41, 5.74) is 6.31. The molecule has 0 saturated heterocycles. The number of ether oxygens (including phenoxy) is 1. The molecule has 0 saturated carbocycles. The van der Waals surface area contributed by atoms with Gasteiger partial charge in [-0.25, -0.2) is 4.39 Å². The Hall–Kier alpha value is -2.13. The molecule has 1 aliphatic carbocycles. The van der Waals surface area contributed by atoms with Gasteiger partial charge in [-0.15, -0.1) is 0 Å². The van der Waals surface area contributed by atoms with E-state index in [4.69, 9.17) is 10.5 Å². The quantitative estimate of drug-likeness (QED) is 0.784. The first kappa shape index (κ1) is 16.7. The lowest BCUT2D eigenvalue weighted by atomic mass is 9.70. The van der Waals surface area contributed by atoms with Crippen molar-refractivity contribution in [2.45, 2.75) is 32.6 Å². The number of nitrogens with zero attached hydrogens (tertiary/aromatic N) is 1. The van der Waals surface area contributed by atoms with Crippen molar-refractivity contribution in [3.63, 3.8) is 0 Å². The third-order valence-corrected chi connectivity index (χ3v) is 4.84. The number of Topliss-reactive ketones (excluding diaryl/α,β-unsaturated/α-hetero) is 1. The third-order valence-electron chi connectivity index (χ3n) is 4.35. The van der Waals surface area contributed by atoms with E-state index in [0.29, 0.717) is 28.6 Å². The first-order valence-corrected chi connectivity index (χ1v) is 8.31. The van der Waals surface area contributed by atoms with Crippen molar-refractivity contribution in [3.8, 4) is 6.07 Å². The van der Waals surface area contributed by atoms with Crippen molar-refractivity contribution >= 4 is 21.7 Å². The Labute approximate surface area is 147 Å². The van der Waals surface area contributed by atoms with Crippen LogP contribution in [0.1, 0.15) is 38.2 Å². The largest absolute Gasteiger partial charge is 0.444 e. The van der Waals surface area contributed by atoms with Crippen molar-refractivity contribution in [2.75, 3.05) is 0 Å². The van der Waals surface area contributed by atoms with Crippen molar-refractivity contribution in [3.05, 3.63) is 56.8 Å². The fourth-order valence-electron chi connectivity index (χ4n) is 3.33. The molecule has 6 heteroatoms. The van der Waals surface area contributed by atoms with Crippen molar-refractivity contribution in [2.24, 2.45) is 11.1 Å². The van der Waals surface area contributed by atoms with Crippen LogP contribution in [0.15, 0.2) is 45.5 Å². The molecule has 0 aromatic heterocycles. The predicted octanol–water partition coefficient (Wildman–Crippen LogP) is 4.04. The summed E-state index contributed by atoms with van der Waals surface area (Å²) in [5, 5.41) is 9.48. The smallest absolute Gasteiger partial charge is 0.205 e. The van der Waals surface area contributed by atoms with E-state index in [1.165, 1.54) is 6.07 Å². The van der Waals surface area contributed by atoms with Crippen LogP contribution >= 0.6 is 15.9 Å². The summed E-state index contributed by atoms with van der Waals surface area (Å²) in [6, 6.07) is 6.54. The molecule has 3 rings (SSSR count). The Morgan fingerprint density at radius 1 is 1.42 bits per heavy atom. The normalized spacial score (nSPS) is 22.8. The average molecular weight is 391 g/mol. The zero-order chi connectivity index (χ0) is 17.6. The molecule has 0 radical (unpaired) electrons. The number of halogens is 2. The highest BCUT2D eigenvalue weighted by atomic mass is 79.9. The highest BCUT2D eigenvalue weighted by Crippen LogP contribution is 2.48. The molecule has 124 valence electrons. The fraction of sp³-hybridized carbons (Fsp3) is 0.333. The molecule has 2 aliphatic rings. The number of carbonyl (C=O) groups is 1. The maximum absolute atomic E-state index is 14.5. The second kappa shape index (κ2) is 5.75. The molecule has 1 aliphatic heterocycles. The first-order chi connectivity index (χ1) is 11.2. The molecule has 4 nitrogen and oxygen atoms in total. The summed E-state index contributed by atoms with van der Waals surface area (Å²) in [5.74, 6) is -1.07. The van der Waals surface area contributed by atoms with Gasteiger partial charge in [-0.05, 0) is 17.5 Å². The lowest BCUT2D eigenvalue weighted by Crippen LogP contribution is -2.33. The van der Waals surface area contributed by atoms with Crippen LogP contribution in [0.4, 0.5) is 4.39 Å². The molecule has 0 fully saturated rings. The van der Waals surface area contributed by atoms with E-state index in [1.807, 2.05) is 19.9 Å². The summed E-state index contributed by atoms with van der Waals surface area (Å²) in [4.78, 5) is 12.7. The van der Waals surface area contributed by atoms with Gasteiger partial charge in [0.1, 0.15) is 23.2 Å². The van der Waals surface area contributed by atoms with Crippen molar-refractivity contribution in [1.29, 1.82) is 5.26 Å². The van der Waals surface area contributed by atoms with Crippen LogP contribution in [0.2, 0.25) is 0 Å². The van der Waals surface area contributed by atoms with Gasteiger partial charge in [-0.3, -0.25) is 4.79 Å². The molecule has 0 unspecified atom stereocenters. The highest BCUT2D eigenvalue weighted by molar-refractivity contribution is 9.10. The number of rotatable bonds is 1. The number of nitrogens with two attached hydrogens (primary N) is 1. The van der Waals surface area contributed by atoms with Gasteiger partial charge in [0.25, 0.3) is 0 Å². The van der Waals surface area contributed by atoms with E-state index in [0.717, 1.165) is 0 Å². The van der Waals surface area contributed by atoms with Crippen LogP contribution in [0.25, 0.3) is 0 Å². The topological polar surface area (TPSA) is 76.1 Å². The number of allylic oxidation sites excluding steroid dienone is 3. The average Bonchev–Trinajstić information content (AvgIpc) is 2.44. The summed E-state index contributed by atoms with van der Waals surface area (Å²) in [6.07, 6.45) is 0.838. The van der Waals surface area contributed by atoms with E-state index in [1.54, 1.807) is 12.1 Å². The Morgan fingerprint density at radius 2 is 2.12 bits per heavy atom. The lowest BCUT2D eigenvalue weighted by molar-refractivity contribution is -0.119. The first-order valence-electron chi connectivity index (χ1n) is 7.52. The van der Waals surface area contributed by atoms with E-state index in [2.05, 4.69) is 15.9 Å². The Balaban J connectivity index is 2.22. The van der Waals surface area contributed by atoms with Gasteiger partial charge in [0.05, 0.1) is 5.92 Å². The third kappa shape index (κ3) is 2.73. The van der Waals surface area contributed by atoms with Gasteiger partial charge in [-0.1, -0.05) is 35.8 Å². The maximum atomic E-state index is 14.5. The van der Waals surface area contributed by atoms with Crippen LogP contribution in [0, 0.1) is 22.6 Å². The molecular weight excluding hydrogens is 375 g/mol. The molecule has 1 heterocycles. The van der Waals surface area contributed by atoms with Crippen LogP contribution < -0.4 is 5.73 Å². The van der Waals surface area contributed by atoms with E-state index in [9.17, 15) is 14.4 Å². The number of hydrogen-bond donors (Lipinski definition) is 1. The van der Waals surface area contributed by atoms with Gasteiger partial charge in [0.15, 0.2) is 5.78 Å². The van der Waals surface area contributed by atoms with Gasteiger partial charge in [-0.2, -0.15) is 5.26 Å². The Morgan fingerprint density at radius 3 is 2.75 bits per heavy atom. The molecule has 0 spiro atoms. The van der Waals surface area contributed by atoms with Crippen molar-refractivity contribution in [1.82, 2.24) is 0 Å². The molecule has 24 heavy (non-hydrogen) atoms. The molecule has 1 aromatic carbocycles. The van der Waals surface area contributed by atoms with Gasteiger partial charge in [0, 0.05) is 28.5 Å². The molecule has 0 amide bonds. The maximum Gasteiger partial charge on any atom is 0.205 e. The Kier molecular flexibility index (Phi) is 4.00. The van der Waals surface area contributed by atoms with Crippen LogP contribution in [0.3, 0.4) is 0 Å². The molecule has 1 aromatic rings. The monoisotopic (exact) mass is 390 g/mol. The number of hydrogen-bond acceptors (Lipinski definition) is 4. The lowest BCUT2D eigenvalue weighted by Gasteiger charge is -2.37. The van der Waals surface area contributed by atoms with Gasteiger partial charge < -0.3 is 10.5 Å². The molecule has 2 N–H and O–H groups in total. The van der Waals surface area contributed by atoms with Crippen LogP contribution in [-0.4, -0.2) is 5.78 Å². The number of nitriles is 1. The second-order valence-corrected chi connectivity index (χ2v) is 7.78. The number of benzene rings is 1. The molecular formula is C18H16BrFN2O2.